The SMILES string of the molecule is Cl.O=c1[nH]nc(-c2ccc(CN[SH](=O)=O)c(C(F)(F)F)c2)c2ccccc12. The minimum Gasteiger partial charge on any atom is -0.267 e. The first-order valence-corrected chi connectivity index (χ1v) is 8.51. The molecule has 3 rings (SSSR count). The Kier molecular flexibility index (Phi) is 6.24. The van der Waals surface area contributed by atoms with Gasteiger partial charge in [0, 0.05) is 17.5 Å². The number of aromatic amines is 1. The Hall–Kier alpha value is -2.43. The molecule has 0 saturated carbocycles. The highest BCUT2D eigenvalue weighted by Gasteiger charge is 2.33. The number of hydrogen-bond acceptors (Lipinski definition) is 4. The van der Waals surface area contributed by atoms with Crippen LogP contribution in [0.5, 0.6) is 0 Å². The molecule has 6 nitrogen and oxygen atoms in total. The van der Waals surface area contributed by atoms with Crippen LogP contribution >= 0.6 is 12.4 Å². The van der Waals surface area contributed by atoms with Crippen LogP contribution < -0.4 is 10.3 Å². The van der Waals surface area contributed by atoms with Crippen LogP contribution in [0.3, 0.4) is 0 Å². The summed E-state index contributed by atoms with van der Waals surface area (Å²) in [4.78, 5) is 11.8. The van der Waals surface area contributed by atoms with Crippen molar-refractivity contribution in [1.82, 2.24) is 14.9 Å². The average Bonchev–Trinajstić information content (AvgIpc) is 2.60. The van der Waals surface area contributed by atoms with Crippen LogP contribution in [0, 0.1) is 0 Å². The summed E-state index contributed by atoms with van der Waals surface area (Å²) in [6.45, 7) is -0.479. The fourth-order valence-electron chi connectivity index (χ4n) is 2.63. The van der Waals surface area contributed by atoms with Crippen molar-refractivity contribution in [2.45, 2.75) is 12.7 Å². The zero-order valence-electron chi connectivity index (χ0n) is 13.4. The number of fused-ring (bicyclic) bond motifs is 1. The van der Waals surface area contributed by atoms with Gasteiger partial charge in [0.2, 0.25) is 10.9 Å². The van der Waals surface area contributed by atoms with E-state index in [9.17, 15) is 26.4 Å². The minimum atomic E-state index is -4.68. The van der Waals surface area contributed by atoms with E-state index in [1.807, 2.05) is 4.72 Å². The monoisotopic (exact) mass is 419 g/mol. The number of hydrogen-bond donors (Lipinski definition) is 3. The van der Waals surface area contributed by atoms with E-state index in [0.717, 1.165) is 6.07 Å². The third-order valence-corrected chi connectivity index (χ3v) is 4.20. The first kappa shape index (κ1) is 20.9. The smallest absolute Gasteiger partial charge is 0.267 e. The maximum atomic E-state index is 13.4. The van der Waals surface area contributed by atoms with E-state index in [2.05, 4.69) is 10.2 Å². The normalized spacial score (nSPS) is 11.6. The summed E-state index contributed by atoms with van der Waals surface area (Å²) in [5.41, 5.74) is -1.29. The van der Waals surface area contributed by atoms with Gasteiger partial charge < -0.3 is 0 Å². The standard InChI is InChI=1S/C16H12F3N3O3S.ClH/c17-16(18,19)13-7-9(5-6-10(13)8-20-26(24)25)14-11-3-1-2-4-12(11)15(23)22-21-14;/h1-7,26H,8H2,(H,22,23)(H,20,24,25);1H. The van der Waals surface area contributed by atoms with Crippen molar-refractivity contribution in [1.29, 1.82) is 0 Å². The molecule has 0 unspecified atom stereocenters. The van der Waals surface area contributed by atoms with Gasteiger partial charge in [0.25, 0.3) is 5.56 Å². The van der Waals surface area contributed by atoms with Gasteiger partial charge in [0.05, 0.1) is 16.6 Å². The number of thiol groups is 1. The van der Waals surface area contributed by atoms with E-state index in [0.29, 0.717) is 10.8 Å². The summed E-state index contributed by atoms with van der Waals surface area (Å²) in [6.07, 6.45) is -4.68. The first-order valence-electron chi connectivity index (χ1n) is 7.33. The van der Waals surface area contributed by atoms with Gasteiger partial charge in [0.15, 0.2) is 0 Å². The highest BCUT2D eigenvalue weighted by atomic mass is 35.5. The Morgan fingerprint density at radius 1 is 1.07 bits per heavy atom. The quantitative estimate of drug-likeness (QED) is 0.567. The van der Waals surface area contributed by atoms with Crippen LogP contribution in [-0.2, 0) is 23.6 Å². The molecule has 144 valence electrons. The van der Waals surface area contributed by atoms with Crippen LogP contribution in [0.2, 0.25) is 0 Å². The number of nitrogens with zero attached hydrogens (tertiary/aromatic N) is 1. The lowest BCUT2D eigenvalue weighted by atomic mass is 9.99. The lowest BCUT2D eigenvalue weighted by molar-refractivity contribution is -0.138. The van der Waals surface area contributed by atoms with Crippen molar-refractivity contribution < 1.29 is 21.6 Å². The molecule has 0 spiro atoms. The van der Waals surface area contributed by atoms with Crippen molar-refractivity contribution >= 4 is 34.1 Å². The Balaban J connectivity index is 0.00000261. The second kappa shape index (κ2) is 8.07. The topological polar surface area (TPSA) is 91.9 Å². The van der Waals surface area contributed by atoms with Gasteiger partial charge in [-0.05, 0) is 17.7 Å². The van der Waals surface area contributed by atoms with Crippen molar-refractivity contribution in [2.75, 3.05) is 0 Å². The molecule has 1 heterocycles. The maximum absolute atomic E-state index is 13.4. The first-order chi connectivity index (χ1) is 12.3. The van der Waals surface area contributed by atoms with Crippen molar-refractivity contribution in [3.8, 4) is 11.3 Å². The summed E-state index contributed by atoms with van der Waals surface area (Å²) >= 11 is 0. The molecule has 27 heavy (non-hydrogen) atoms. The molecular formula is C16H13ClF3N3O3S. The van der Waals surface area contributed by atoms with Gasteiger partial charge in [-0.25, -0.2) is 18.2 Å². The van der Waals surface area contributed by atoms with E-state index in [-0.39, 0.29) is 29.2 Å². The van der Waals surface area contributed by atoms with E-state index in [1.165, 1.54) is 12.1 Å². The van der Waals surface area contributed by atoms with Crippen molar-refractivity contribution in [3.05, 3.63) is 63.9 Å². The zero-order chi connectivity index (χ0) is 18.9. The molecule has 2 aromatic carbocycles. The molecule has 1 aromatic heterocycles. The number of H-pyrrole nitrogens is 1. The number of aromatic nitrogens is 2. The second-order valence-electron chi connectivity index (χ2n) is 5.41. The lowest BCUT2D eigenvalue weighted by Gasteiger charge is -2.14. The van der Waals surface area contributed by atoms with E-state index in [1.54, 1.807) is 24.3 Å². The summed E-state index contributed by atoms with van der Waals surface area (Å²) in [5, 5.41) is 6.88. The third kappa shape index (κ3) is 4.46. The summed E-state index contributed by atoms with van der Waals surface area (Å²) < 4.78 is 63.3. The van der Waals surface area contributed by atoms with Crippen molar-refractivity contribution in [2.24, 2.45) is 0 Å². The third-order valence-electron chi connectivity index (χ3n) is 3.78. The Morgan fingerprint density at radius 3 is 2.37 bits per heavy atom. The van der Waals surface area contributed by atoms with Gasteiger partial charge in [-0.3, -0.25) is 4.79 Å². The zero-order valence-corrected chi connectivity index (χ0v) is 15.1. The highest BCUT2D eigenvalue weighted by Crippen LogP contribution is 2.35. The van der Waals surface area contributed by atoms with Gasteiger partial charge in [-0.15, -0.1) is 12.4 Å². The molecule has 0 aliphatic heterocycles. The molecule has 0 aliphatic carbocycles. The average molecular weight is 420 g/mol. The predicted octanol–water partition coefficient (Wildman–Crippen LogP) is 2.65. The van der Waals surface area contributed by atoms with Gasteiger partial charge in [0.1, 0.15) is 0 Å². The van der Waals surface area contributed by atoms with Gasteiger partial charge in [-0.2, -0.15) is 18.3 Å². The molecule has 11 heteroatoms. The minimum absolute atomic E-state index is 0. The molecule has 0 saturated heterocycles. The van der Waals surface area contributed by atoms with Crippen molar-refractivity contribution in [3.63, 3.8) is 0 Å². The summed E-state index contributed by atoms with van der Waals surface area (Å²) in [6, 6.07) is 9.91. The fraction of sp³-hybridized carbons (Fsp3) is 0.125. The van der Waals surface area contributed by atoms with Gasteiger partial charge >= 0.3 is 6.18 Å². The van der Waals surface area contributed by atoms with Gasteiger partial charge in [-0.1, -0.05) is 30.3 Å². The Bertz CT molecular complexity index is 1110. The van der Waals surface area contributed by atoms with Crippen LogP contribution in [0.25, 0.3) is 22.0 Å². The number of rotatable bonds is 4. The van der Waals surface area contributed by atoms with Crippen LogP contribution in [-0.4, -0.2) is 18.6 Å². The summed E-state index contributed by atoms with van der Waals surface area (Å²) in [7, 11) is -3.02. The largest absolute Gasteiger partial charge is 0.416 e. The fourth-order valence-corrected chi connectivity index (χ4v) is 2.93. The van der Waals surface area contributed by atoms with E-state index in [4.69, 9.17) is 0 Å². The maximum Gasteiger partial charge on any atom is 0.416 e. The lowest BCUT2D eigenvalue weighted by Crippen LogP contribution is -2.16. The molecule has 2 N–H and O–H groups in total. The molecule has 0 amide bonds. The van der Waals surface area contributed by atoms with Crippen LogP contribution in [0.4, 0.5) is 13.2 Å². The number of alkyl halides is 3. The van der Waals surface area contributed by atoms with E-state index < -0.39 is 34.7 Å². The predicted molar refractivity (Wildman–Crippen MR) is 97.2 cm³/mol. The van der Waals surface area contributed by atoms with Crippen LogP contribution in [0.1, 0.15) is 11.1 Å². The molecule has 0 aliphatic rings. The molecule has 0 bridgehead atoms. The Labute approximate surface area is 158 Å². The number of benzene rings is 2. The molecule has 3 aromatic rings. The molecule has 0 radical (unpaired) electrons. The molecule has 0 atom stereocenters. The Morgan fingerprint density at radius 2 is 1.74 bits per heavy atom. The molecular weight excluding hydrogens is 407 g/mol. The number of halogens is 4. The highest BCUT2D eigenvalue weighted by molar-refractivity contribution is 7.70. The van der Waals surface area contributed by atoms with E-state index >= 15 is 0 Å². The number of nitrogens with one attached hydrogen (secondary N) is 2. The van der Waals surface area contributed by atoms with Crippen LogP contribution in [0.15, 0.2) is 47.3 Å². The molecule has 0 fully saturated rings. The second-order valence-corrected chi connectivity index (χ2v) is 6.24. The summed E-state index contributed by atoms with van der Waals surface area (Å²) in [5.74, 6) is 0.